The number of nitrogens with two attached hydrogens (primary N) is 2. The van der Waals surface area contributed by atoms with Gasteiger partial charge in [-0.2, -0.15) is 5.10 Å². The fourth-order valence-corrected chi connectivity index (χ4v) is 3.06. The molecule has 4 rings (SSSR count). The molecule has 0 amide bonds. The van der Waals surface area contributed by atoms with Gasteiger partial charge in [0.2, 0.25) is 0 Å². The van der Waals surface area contributed by atoms with E-state index in [2.05, 4.69) is 20.4 Å². The molecular weight excluding hydrogens is 332 g/mol. The second-order valence-electron chi connectivity index (χ2n) is 6.02. The van der Waals surface area contributed by atoms with Crippen molar-refractivity contribution in [2.24, 2.45) is 5.73 Å². The van der Waals surface area contributed by atoms with Gasteiger partial charge in [0, 0.05) is 19.2 Å². The van der Waals surface area contributed by atoms with Crippen molar-refractivity contribution >= 4 is 33.6 Å². The van der Waals surface area contributed by atoms with Gasteiger partial charge in [-0.25, -0.2) is 14.6 Å². The number of nitrogens with one attached hydrogen (secondary N) is 1. The van der Waals surface area contributed by atoms with E-state index < -0.39 is 0 Å². The molecule has 0 aliphatic carbocycles. The van der Waals surface area contributed by atoms with Crippen LogP contribution in [0.3, 0.4) is 0 Å². The molecule has 9 heteroatoms. The zero-order valence-electron chi connectivity index (χ0n) is 14.4. The monoisotopic (exact) mass is 352 g/mol. The minimum absolute atomic E-state index is 0.406. The number of aromatic nitrogens is 5. The van der Waals surface area contributed by atoms with Gasteiger partial charge in [-0.3, -0.25) is 0 Å². The highest BCUT2D eigenvalue weighted by Crippen LogP contribution is 2.33. The molecule has 4 aromatic rings. The minimum atomic E-state index is 0.406. The summed E-state index contributed by atoms with van der Waals surface area (Å²) in [6, 6.07) is 5.83. The fourth-order valence-electron chi connectivity index (χ4n) is 3.06. The topological polar surface area (TPSA) is 134 Å². The quantitative estimate of drug-likeness (QED) is 0.449. The Balaban J connectivity index is 1.85. The highest BCUT2D eigenvalue weighted by molar-refractivity contribution is 6.00. The number of fused-ring (bicyclic) bond motifs is 2. The van der Waals surface area contributed by atoms with Gasteiger partial charge in [0.25, 0.3) is 0 Å². The van der Waals surface area contributed by atoms with E-state index in [-0.39, 0.29) is 0 Å². The number of nitrogen functional groups attached to an aromatic ring is 1. The van der Waals surface area contributed by atoms with E-state index in [0.717, 1.165) is 47.1 Å². The molecule has 0 saturated carbocycles. The lowest BCUT2D eigenvalue weighted by Crippen LogP contribution is -2.05. The molecule has 0 unspecified atom stereocenters. The number of aryl methyl sites for hydroxylation is 1. The summed E-state index contributed by atoms with van der Waals surface area (Å²) in [5.74, 6) is 1.11. The van der Waals surface area contributed by atoms with E-state index in [0.29, 0.717) is 23.8 Å². The number of hydrogen-bond acceptors (Lipinski definition) is 8. The van der Waals surface area contributed by atoms with E-state index >= 15 is 0 Å². The summed E-state index contributed by atoms with van der Waals surface area (Å²) in [6.07, 6.45) is 3.30. The Bertz CT molecular complexity index is 1070. The van der Waals surface area contributed by atoms with Gasteiger partial charge in [-0.15, -0.1) is 0 Å². The second kappa shape index (κ2) is 6.60. The molecule has 5 N–H and O–H groups in total. The van der Waals surface area contributed by atoms with Crippen molar-refractivity contribution in [2.75, 3.05) is 24.6 Å². The molecule has 9 nitrogen and oxygen atoms in total. The van der Waals surface area contributed by atoms with Crippen LogP contribution < -0.4 is 16.8 Å². The lowest BCUT2D eigenvalue weighted by molar-refractivity contribution is 0.460. The van der Waals surface area contributed by atoms with Crippen LogP contribution in [0.4, 0.5) is 11.6 Å². The van der Waals surface area contributed by atoms with Crippen molar-refractivity contribution < 1.29 is 4.52 Å². The van der Waals surface area contributed by atoms with Gasteiger partial charge in [0.1, 0.15) is 17.8 Å². The van der Waals surface area contributed by atoms with Crippen LogP contribution in [0.15, 0.2) is 29.0 Å². The maximum Gasteiger partial charge on any atom is 0.177 e. The van der Waals surface area contributed by atoms with Crippen LogP contribution in [0.25, 0.3) is 33.3 Å². The smallest absolute Gasteiger partial charge is 0.177 e. The molecule has 0 aliphatic heterocycles. The molecule has 0 radical (unpaired) electrons. The van der Waals surface area contributed by atoms with Gasteiger partial charge in [0.15, 0.2) is 17.0 Å². The second-order valence-corrected chi connectivity index (χ2v) is 6.02. The molecule has 134 valence electrons. The van der Waals surface area contributed by atoms with Crippen molar-refractivity contribution in [1.29, 1.82) is 0 Å². The summed E-state index contributed by atoms with van der Waals surface area (Å²) in [5, 5.41) is 13.4. The number of benzene rings is 1. The highest BCUT2D eigenvalue weighted by Gasteiger charge is 2.18. The highest BCUT2D eigenvalue weighted by atomic mass is 16.5. The number of hydrogen-bond donors (Lipinski definition) is 3. The van der Waals surface area contributed by atoms with E-state index in [1.165, 1.54) is 6.33 Å². The van der Waals surface area contributed by atoms with Crippen molar-refractivity contribution in [1.82, 2.24) is 24.9 Å². The number of rotatable bonds is 6. The molecule has 0 spiro atoms. The minimum Gasteiger partial charge on any atom is -0.383 e. The molecule has 0 fully saturated rings. The molecule has 26 heavy (non-hydrogen) atoms. The van der Waals surface area contributed by atoms with Crippen LogP contribution in [-0.4, -0.2) is 38.5 Å². The summed E-state index contributed by atoms with van der Waals surface area (Å²) < 4.78 is 7.27. The van der Waals surface area contributed by atoms with Crippen LogP contribution in [-0.2, 0) is 6.54 Å². The summed E-state index contributed by atoms with van der Waals surface area (Å²) in [4.78, 5) is 8.51. The van der Waals surface area contributed by atoms with Gasteiger partial charge < -0.3 is 21.3 Å². The molecule has 0 saturated heterocycles. The fraction of sp³-hybridized carbons (Fsp3) is 0.294. The van der Waals surface area contributed by atoms with E-state index in [1.807, 2.05) is 22.9 Å². The predicted molar refractivity (Wildman–Crippen MR) is 101 cm³/mol. The SMILES string of the molecule is CNc1noc2cc(-c3nn(CCCCN)c4ncnc(N)c34)ccc12. The molecule has 0 atom stereocenters. The number of unbranched alkanes of at least 4 members (excludes halogenated alkanes) is 1. The van der Waals surface area contributed by atoms with Gasteiger partial charge >= 0.3 is 0 Å². The third-order valence-electron chi connectivity index (χ3n) is 4.36. The average Bonchev–Trinajstić information content (AvgIpc) is 3.23. The average molecular weight is 352 g/mol. The molecule has 1 aromatic carbocycles. The molecule has 0 bridgehead atoms. The predicted octanol–water partition coefficient (Wildman–Crippen LogP) is 2.00. The van der Waals surface area contributed by atoms with Gasteiger partial charge in [-0.05, 0) is 31.5 Å². The Kier molecular flexibility index (Phi) is 4.13. The van der Waals surface area contributed by atoms with Crippen molar-refractivity contribution in [3.05, 3.63) is 24.5 Å². The molecule has 3 heterocycles. The van der Waals surface area contributed by atoms with E-state index in [9.17, 15) is 0 Å². The van der Waals surface area contributed by atoms with Crippen LogP contribution in [0, 0.1) is 0 Å². The van der Waals surface area contributed by atoms with Crippen LogP contribution in [0.2, 0.25) is 0 Å². The number of nitrogens with zero attached hydrogens (tertiary/aromatic N) is 5. The summed E-state index contributed by atoms with van der Waals surface area (Å²) >= 11 is 0. The van der Waals surface area contributed by atoms with Crippen LogP contribution in [0.5, 0.6) is 0 Å². The zero-order chi connectivity index (χ0) is 18.1. The first-order valence-electron chi connectivity index (χ1n) is 8.47. The third-order valence-corrected chi connectivity index (χ3v) is 4.36. The van der Waals surface area contributed by atoms with Gasteiger partial charge in [-0.1, -0.05) is 11.2 Å². The van der Waals surface area contributed by atoms with Crippen molar-refractivity contribution in [3.63, 3.8) is 0 Å². The van der Waals surface area contributed by atoms with Crippen LogP contribution in [0.1, 0.15) is 12.8 Å². The van der Waals surface area contributed by atoms with E-state index in [1.54, 1.807) is 7.05 Å². The maximum absolute atomic E-state index is 6.13. The molecule has 0 aliphatic rings. The van der Waals surface area contributed by atoms with E-state index in [4.69, 9.17) is 21.1 Å². The normalized spacial score (nSPS) is 11.5. The largest absolute Gasteiger partial charge is 0.383 e. The zero-order valence-corrected chi connectivity index (χ0v) is 14.4. The maximum atomic E-state index is 6.13. The Labute approximate surface area is 149 Å². The molecular formula is C17H20N8O. The first kappa shape index (κ1) is 16.3. The summed E-state index contributed by atoms with van der Waals surface area (Å²) in [7, 11) is 1.81. The standard InChI is InChI=1S/C17H20N8O/c1-20-16-11-5-4-10(8-12(11)26-24-16)14-13-15(19)21-9-22-17(13)25(23-14)7-3-2-6-18/h4-5,8-9H,2-3,6-7,18H2,1H3,(H,20,24)(H2,19,21,22). The number of anilines is 2. The molecule has 3 aromatic heterocycles. The summed E-state index contributed by atoms with van der Waals surface area (Å²) in [6.45, 7) is 1.37. The first-order chi connectivity index (χ1) is 12.7. The van der Waals surface area contributed by atoms with Gasteiger partial charge in [0.05, 0.1) is 10.8 Å². The lowest BCUT2D eigenvalue weighted by Gasteiger charge is -2.01. The summed E-state index contributed by atoms with van der Waals surface area (Å²) in [5.41, 5.74) is 14.7. The Morgan fingerprint density at radius 2 is 2.12 bits per heavy atom. The Hall–Kier alpha value is -3.20. The third kappa shape index (κ3) is 2.62. The van der Waals surface area contributed by atoms with Crippen LogP contribution >= 0.6 is 0 Å². The Morgan fingerprint density at radius 1 is 1.23 bits per heavy atom. The Morgan fingerprint density at radius 3 is 2.92 bits per heavy atom. The van der Waals surface area contributed by atoms with Crippen molar-refractivity contribution in [3.8, 4) is 11.3 Å². The lowest BCUT2D eigenvalue weighted by atomic mass is 10.1. The first-order valence-corrected chi connectivity index (χ1v) is 8.47. The van der Waals surface area contributed by atoms with Crippen molar-refractivity contribution in [2.45, 2.75) is 19.4 Å².